The summed E-state index contributed by atoms with van der Waals surface area (Å²) < 4.78 is 0. The Hall–Kier alpha value is -2.58. The molecule has 0 amide bonds. The number of rotatable bonds is 4. The third-order valence-corrected chi connectivity index (χ3v) is 5.04. The second kappa shape index (κ2) is 6.14. The summed E-state index contributed by atoms with van der Waals surface area (Å²) in [5.41, 5.74) is 0. The molecule has 8 heteroatoms. The number of nitrogens with zero attached hydrogens (tertiary/aromatic N) is 4. The highest BCUT2D eigenvalue weighted by atomic mass is 32.1. The minimum atomic E-state index is 0.695. The molecule has 0 aliphatic rings. The summed E-state index contributed by atoms with van der Waals surface area (Å²) >= 11 is 3.17. The standard InChI is InChI=1S/C16H14N6S2/c1-9-7-17-15(23-9)19-13-11-5-3-4-6-12(11)14(22-21-13)20-16-18-8-10(2)24-16/h3-8H,1-2H3,(H,17,19,21)(H,18,20,22). The summed E-state index contributed by atoms with van der Waals surface area (Å²) in [4.78, 5) is 10.9. The second-order valence-corrected chi connectivity index (χ2v) is 7.71. The molecule has 0 radical (unpaired) electrons. The fraction of sp³-hybridized carbons (Fsp3) is 0.125. The quantitative estimate of drug-likeness (QED) is 0.556. The summed E-state index contributed by atoms with van der Waals surface area (Å²) in [5.74, 6) is 1.39. The molecule has 0 fully saturated rings. The number of hydrogen-bond acceptors (Lipinski definition) is 8. The zero-order valence-electron chi connectivity index (χ0n) is 13.1. The lowest BCUT2D eigenvalue weighted by atomic mass is 10.2. The fourth-order valence-corrected chi connectivity index (χ4v) is 3.64. The number of benzene rings is 1. The first kappa shape index (κ1) is 15.0. The molecule has 4 rings (SSSR count). The van der Waals surface area contributed by atoms with Crippen LogP contribution in [0.15, 0.2) is 36.7 Å². The zero-order chi connectivity index (χ0) is 16.5. The van der Waals surface area contributed by atoms with Gasteiger partial charge in [0, 0.05) is 32.9 Å². The van der Waals surface area contributed by atoms with Gasteiger partial charge >= 0.3 is 0 Å². The topological polar surface area (TPSA) is 75.6 Å². The Morgan fingerprint density at radius 3 is 1.58 bits per heavy atom. The molecule has 0 unspecified atom stereocenters. The van der Waals surface area contributed by atoms with E-state index in [1.165, 1.54) is 0 Å². The van der Waals surface area contributed by atoms with Gasteiger partial charge in [0.2, 0.25) is 0 Å². The molecule has 6 nitrogen and oxygen atoms in total. The van der Waals surface area contributed by atoms with E-state index in [-0.39, 0.29) is 0 Å². The number of fused-ring (bicyclic) bond motifs is 1. The van der Waals surface area contributed by atoms with E-state index in [1.54, 1.807) is 22.7 Å². The number of nitrogens with one attached hydrogen (secondary N) is 2. The second-order valence-electron chi connectivity index (χ2n) is 5.24. The summed E-state index contributed by atoms with van der Waals surface area (Å²) in [7, 11) is 0. The maximum absolute atomic E-state index is 4.33. The van der Waals surface area contributed by atoms with Gasteiger partial charge in [0.05, 0.1) is 0 Å². The predicted molar refractivity (Wildman–Crippen MR) is 99.8 cm³/mol. The normalized spacial score (nSPS) is 10.9. The summed E-state index contributed by atoms with van der Waals surface area (Å²) in [6, 6.07) is 8.01. The molecule has 0 aliphatic heterocycles. The Balaban J connectivity index is 1.74. The van der Waals surface area contributed by atoms with E-state index in [1.807, 2.05) is 50.5 Å². The molecule has 4 aromatic rings. The van der Waals surface area contributed by atoms with Gasteiger partial charge in [-0.25, -0.2) is 9.97 Å². The Kier molecular flexibility index (Phi) is 3.83. The van der Waals surface area contributed by atoms with Crippen molar-refractivity contribution in [2.45, 2.75) is 13.8 Å². The zero-order valence-corrected chi connectivity index (χ0v) is 14.7. The molecule has 120 valence electrons. The minimum absolute atomic E-state index is 0.695. The van der Waals surface area contributed by atoms with E-state index >= 15 is 0 Å². The van der Waals surface area contributed by atoms with Gasteiger partial charge in [0.25, 0.3) is 0 Å². The van der Waals surface area contributed by atoms with Crippen molar-refractivity contribution in [3.63, 3.8) is 0 Å². The number of hydrogen-bond donors (Lipinski definition) is 2. The maximum atomic E-state index is 4.33. The number of anilines is 4. The summed E-state index contributed by atoms with van der Waals surface area (Å²) in [6.45, 7) is 4.05. The van der Waals surface area contributed by atoms with Crippen LogP contribution in [0.3, 0.4) is 0 Å². The van der Waals surface area contributed by atoms with Crippen molar-refractivity contribution in [1.82, 2.24) is 20.2 Å². The molecule has 0 bridgehead atoms. The molecule has 0 aliphatic carbocycles. The first-order valence-corrected chi connectivity index (χ1v) is 8.97. The monoisotopic (exact) mass is 354 g/mol. The predicted octanol–water partition coefficient (Wildman–Crippen LogP) is 4.65. The van der Waals surface area contributed by atoms with Crippen LogP contribution in [0.1, 0.15) is 9.75 Å². The molecule has 1 aromatic carbocycles. The third kappa shape index (κ3) is 2.93. The minimum Gasteiger partial charge on any atom is -0.314 e. The molecular weight excluding hydrogens is 340 g/mol. The molecular formula is C16H14N6S2. The van der Waals surface area contributed by atoms with E-state index in [4.69, 9.17) is 0 Å². The van der Waals surface area contributed by atoms with E-state index in [0.29, 0.717) is 11.6 Å². The van der Waals surface area contributed by atoms with E-state index in [9.17, 15) is 0 Å². The van der Waals surface area contributed by atoms with Gasteiger partial charge in [-0.05, 0) is 13.8 Å². The molecule has 3 heterocycles. The molecule has 0 saturated heterocycles. The van der Waals surface area contributed by atoms with Crippen molar-refractivity contribution < 1.29 is 0 Å². The van der Waals surface area contributed by atoms with Crippen LogP contribution in [0.5, 0.6) is 0 Å². The molecule has 0 spiro atoms. The van der Waals surface area contributed by atoms with Crippen molar-refractivity contribution in [3.05, 3.63) is 46.4 Å². The van der Waals surface area contributed by atoms with Crippen molar-refractivity contribution in [1.29, 1.82) is 0 Å². The van der Waals surface area contributed by atoms with Gasteiger partial charge in [-0.1, -0.05) is 24.3 Å². The van der Waals surface area contributed by atoms with Crippen molar-refractivity contribution in [3.8, 4) is 0 Å². The Morgan fingerprint density at radius 1 is 0.750 bits per heavy atom. The highest BCUT2D eigenvalue weighted by Crippen LogP contribution is 2.31. The first-order chi connectivity index (χ1) is 11.7. The van der Waals surface area contributed by atoms with Gasteiger partial charge < -0.3 is 10.6 Å². The lowest BCUT2D eigenvalue weighted by molar-refractivity contribution is 1.06. The highest BCUT2D eigenvalue weighted by molar-refractivity contribution is 7.15. The molecule has 3 aromatic heterocycles. The largest absolute Gasteiger partial charge is 0.314 e. The van der Waals surface area contributed by atoms with Gasteiger partial charge in [-0.3, -0.25) is 0 Å². The van der Waals surface area contributed by atoms with Crippen LogP contribution in [-0.2, 0) is 0 Å². The third-order valence-electron chi connectivity index (χ3n) is 3.38. The van der Waals surface area contributed by atoms with Crippen LogP contribution in [-0.4, -0.2) is 20.2 Å². The van der Waals surface area contributed by atoms with Crippen LogP contribution in [0.4, 0.5) is 21.9 Å². The van der Waals surface area contributed by atoms with Gasteiger partial charge in [0.1, 0.15) is 0 Å². The average Bonchev–Trinajstić information content (AvgIpc) is 3.18. The van der Waals surface area contributed by atoms with Gasteiger partial charge in [0.15, 0.2) is 21.9 Å². The smallest absolute Gasteiger partial charge is 0.188 e. The van der Waals surface area contributed by atoms with Crippen LogP contribution in [0.2, 0.25) is 0 Å². The van der Waals surface area contributed by atoms with E-state index < -0.39 is 0 Å². The van der Waals surface area contributed by atoms with Crippen molar-refractivity contribution in [2.24, 2.45) is 0 Å². The molecule has 0 atom stereocenters. The van der Waals surface area contributed by atoms with Crippen LogP contribution in [0, 0.1) is 13.8 Å². The Bertz CT molecular complexity index is 926. The van der Waals surface area contributed by atoms with Crippen molar-refractivity contribution >= 4 is 55.3 Å². The van der Waals surface area contributed by atoms with Crippen LogP contribution in [0.25, 0.3) is 10.8 Å². The fourth-order valence-electron chi connectivity index (χ4n) is 2.32. The summed E-state index contributed by atoms with van der Waals surface area (Å²) in [6.07, 6.45) is 3.67. The Morgan fingerprint density at radius 2 is 1.21 bits per heavy atom. The summed E-state index contributed by atoms with van der Waals surface area (Å²) in [5, 5.41) is 18.8. The number of aromatic nitrogens is 4. The lowest BCUT2D eigenvalue weighted by Gasteiger charge is -2.09. The molecule has 24 heavy (non-hydrogen) atoms. The Labute approximate surface area is 146 Å². The average molecular weight is 354 g/mol. The van der Waals surface area contributed by atoms with Gasteiger partial charge in [-0.15, -0.1) is 32.9 Å². The van der Waals surface area contributed by atoms with Gasteiger partial charge in [-0.2, -0.15) is 0 Å². The van der Waals surface area contributed by atoms with Crippen LogP contribution < -0.4 is 10.6 Å². The lowest BCUT2D eigenvalue weighted by Crippen LogP contribution is -2.01. The number of thiazole rings is 2. The SMILES string of the molecule is Cc1cnc(Nc2nnc(Nc3ncc(C)s3)c3ccccc23)s1. The molecule has 2 N–H and O–H groups in total. The molecule has 0 saturated carbocycles. The van der Waals surface area contributed by atoms with E-state index in [2.05, 4.69) is 30.8 Å². The number of aryl methyl sites for hydroxylation is 2. The van der Waals surface area contributed by atoms with Crippen molar-refractivity contribution in [2.75, 3.05) is 10.6 Å². The maximum Gasteiger partial charge on any atom is 0.188 e. The highest BCUT2D eigenvalue weighted by Gasteiger charge is 2.11. The van der Waals surface area contributed by atoms with E-state index in [0.717, 1.165) is 30.8 Å². The van der Waals surface area contributed by atoms with Crippen LogP contribution >= 0.6 is 22.7 Å². The first-order valence-electron chi connectivity index (χ1n) is 7.33.